The molecule has 5 nitrogen and oxygen atoms in total. The summed E-state index contributed by atoms with van der Waals surface area (Å²) in [7, 11) is 0. The number of hydrogen-bond donors (Lipinski definition) is 0. The molecule has 0 aliphatic carbocycles. The van der Waals surface area contributed by atoms with Crippen molar-refractivity contribution in [3.8, 4) is 17.1 Å². The number of benzene rings is 3. The molecule has 5 aromatic rings. The van der Waals surface area contributed by atoms with Crippen LogP contribution >= 0.6 is 0 Å². The summed E-state index contributed by atoms with van der Waals surface area (Å²) in [6.07, 6.45) is 1.58. The summed E-state index contributed by atoms with van der Waals surface area (Å²) in [5.41, 5.74) is 2.69. The molecular formula is C22H12F4N4O. The van der Waals surface area contributed by atoms with E-state index in [4.69, 9.17) is 4.74 Å². The van der Waals surface area contributed by atoms with E-state index >= 15 is 0 Å². The number of hydrogen-bond acceptors (Lipinski definition) is 4. The van der Waals surface area contributed by atoms with Crippen LogP contribution in [0.3, 0.4) is 0 Å². The standard InChI is InChI=1S/C22H12F4N4O/c23-15-9-16(24)19(26)20(18(15)25)31-10-12-5-7-13(8-6-12)21-28-22-14-3-1-2-4-17(14)27-11-30(22)29-21/h1-9,11H,10H2. The molecule has 2 aromatic heterocycles. The third-order valence-electron chi connectivity index (χ3n) is 4.75. The van der Waals surface area contributed by atoms with E-state index in [1.807, 2.05) is 24.3 Å². The second-order valence-corrected chi connectivity index (χ2v) is 6.75. The van der Waals surface area contributed by atoms with Crippen molar-refractivity contribution in [1.82, 2.24) is 19.6 Å². The highest BCUT2D eigenvalue weighted by Gasteiger charge is 2.20. The van der Waals surface area contributed by atoms with Crippen LogP contribution in [0.2, 0.25) is 0 Å². The fourth-order valence-corrected chi connectivity index (χ4v) is 3.19. The zero-order valence-electron chi connectivity index (χ0n) is 15.7. The molecule has 3 aromatic carbocycles. The molecule has 0 radical (unpaired) electrons. The number of rotatable bonds is 4. The van der Waals surface area contributed by atoms with Crippen molar-refractivity contribution in [2.75, 3.05) is 0 Å². The van der Waals surface area contributed by atoms with Crippen molar-refractivity contribution in [1.29, 1.82) is 0 Å². The van der Waals surface area contributed by atoms with Crippen LogP contribution in [0, 0.1) is 23.3 Å². The van der Waals surface area contributed by atoms with Gasteiger partial charge in [-0.3, -0.25) is 0 Å². The van der Waals surface area contributed by atoms with Crippen LogP contribution in [0.1, 0.15) is 5.56 Å². The molecule has 0 spiro atoms. The fraction of sp³-hybridized carbons (Fsp3) is 0.0455. The number of halogens is 4. The number of fused-ring (bicyclic) bond motifs is 3. The topological polar surface area (TPSA) is 52.3 Å². The maximum absolute atomic E-state index is 13.7. The Bertz CT molecular complexity index is 1410. The molecule has 0 N–H and O–H groups in total. The zero-order valence-corrected chi connectivity index (χ0v) is 15.7. The van der Waals surface area contributed by atoms with Crippen molar-refractivity contribution < 1.29 is 22.3 Å². The normalized spacial score (nSPS) is 11.4. The Morgan fingerprint density at radius 3 is 2.32 bits per heavy atom. The van der Waals surface area contributed by atoms with Crippen LogP contribution in [0.15, 0.2) is 60.9 Å². The Morgan fingerprint density at radius 2 is 1.58 bits per heavy atom. The van der Waals surface area contributed by atoms with Gasteiger partial charge in [0.1, 0.15) is 12.9 Å². The highest BCUT2D eigenvalue weighted by molar-refractivity contribution is 5.91. The SMILES string of the molecule is Fc1cc(F)c(F)c(OCc2ccc(-c3nc4c5ccccc5ncn4n3)cc2)c1F. The Morgan fingerprint density at radius 1 is 0.871 bits per heavy atom. The summed E-state index contributed by atoms with van der Waals surface area (Å²) in [5, 5.41) is 5.29. The summed E-state index contributed by atoms with van der Waals surface area (Å²) in [4.78, 5) is 8.91. The van der Waals surface area contributed by atoms with Gasteiger partial charge in [0, 0.05) is 17.0 Å². The zero-order chi connectivity index (χ0) is 21.5. The lowest BCUT2D eigenvalue weighted by Gasteiger charge is -2.09. The van der Waals surface area contributed by atoms with Gasteiger partial charge in [-0.1, -0.05) is 36.4 Å². The molecule has 154 valence electrons. The molecule has 0 unspecified atom stereocenters. The van der Waals surface area contributed by atoms with E-state index < -0.39 is 29.0 Å². The van der Waals surface area contributed by atoms with Crippen LogP contribution in [-0.2, 0) is 6.61 Å². The molecule has 0 saturated carbocycles. The van der Waals surface area contributed by atoms with Gasteiger partial charge in [-0.25, -0.2) is 23.3 Å². The van der Waals surface area contributed by atoms with Gasteiger partial charge in [0.15, 0.2) is 28.9 Å². The van der Waals surface area contributed by atoms with E-state index in [0.717, 1.165) is 10.9 Å². The Balaban J connectivity index is 1.40. The highest BCUT2D eigenvalue weighted by Crippen LogP contribution is 2.27. The highest BCUT2D eigenvalue weighted by atomic mass is 19.2. The Hall–Kier alpha value is -4.01. The Labute approximate surface area is 172 Å². The lowest BCUT2D eigenvalue weighted by atomic mass is 10.1. The minimum atomic E-state index is -1.58. The molecule has 0 atom stereocenters. The van der Waals surface area contributed by atoms with E-state index in [2.05, 4.69) is 15.1 Å². The summed E-state index contributed by atoms with van der Waals surface area (Å²) < 4.78 is 60.6. The van der Waals surface area contributed by atoms with E-state index in [9.17, 15) is 17.6 Å². The van der Waals surface area contributed by atoms with Crippen molar-refractivity contribution in [2.45, 2.75) is 6.61 Å². The molecule has 0 amide bonds. The number of aromatic nitrogens is 4. The predicted octanol–water partition coefficient (Wildman–Crippen LogP) is 5.08. The van der Waals surface area contributed by atoms with Crippen LogP contribution in [0.25, 0.3) is 27.9 Å². The van der Waals surface area contributed by atoms with Crippen molar-refractivity contribution >= 4 is 16.6 Å². The molecule has 5 rings (SSSR count). The number of ether oxygens (including phenoxy) is 1. The number of para-hydroxylation sites is 1. The van der Waals surface area contributed by atoms with Gasteiger partial charge in [0.25, 0.3) is 0 Å². The van der Waals surface area contributed by atoms with Gasteiger partial charge >= 0.3 is 0 Å². The van der Waals surface area contributed by atoms with Gasteiger partial charge in [-0.05, 0) is 17.7 Å². The van der Waals surface area contributed by atoms with E-state index in [-0.39, 0.29) is 12.7 Å². The van der Waals surface area contributed by atoms with Crippen molar-refractivity contribution in [3.05, 3.63) is 89.8 Å². The van der Waals surface area contributed by atoms with Crippen molar-refractivity contribution in [2.24, 2.45) is 0 Å². The maximum atomic E-state index is 13.7. The predicted molar refractivity (Wildman–Crippen MR) is 104 cm³/mol. The minimum Gasteiger partial charge on any atom is -0.483 e. The average Bonchev–Trinajstić information content (AvgIpc) is 3.23. The molecule has 0 aliphatic heterocycles. The van der Waals surface area contributed by atoms with Gasteiger partial charge in [0.05, 0.1) is 5.52 Å². The van der Waals surface area contributed by atoms with E-state index in [0.29, 0.717) is 22.6 Å². The molecular weight excluding hydrogens is 412 g/mol. The quantitative estimate of drug-likeness (QED) is 0.298. The van der Waals surface area contributed by atoms with Crippen LogP contribution < -0.4 is 4.74 Å². The monoisotopic (exact) mass is 424 g/mol. The van der Waals surface area contributed by atoms with Gasteiger partial charge in [-0.2, -0.15) is 8.78 Å². The number of nitrogens with zero attached hydrogens (tertiary/aromatic N) is 4. The van der Waals surface area contributed by atoms with Crippen molar-refractivity contribution in [3.63, 3.8) is 0 Å². The molecule has 9 heteroatoms. The first-order chi connectivity index (χ1) is 15.0. The molecule has 31 heavy (non-hydrogen) atoms. The summed E-state index contributed by atoms with van der Waals surface area (Å²) in [5.74, 6) is -6.83. The summed E-state index contributed by atoms with van der Waals surface area (Å²) >= 11 is 0. The van der Waals surface area contributed by atoms with Gasteiger partial charge in [0.2, 0.25) is 11.6 Å². The Kier molecular flexibility index (Phi) is 4.50. The molecule has 0 bridgehead atoms. The first-order valence-corrected chi connectivity index (χ1v) is 9.16. The second kappa shape index (κ2) is 7.35. The second-order valence-electron chi connectivity index (χ2n) is 6.75. The summed E-state index contributed by atoms with van der Waals surface area (Å²) in [6, 6.07) is 14.4. The smallest absolute Gasteiger partial charge is 0.203 e. The van der Waals surface area contributed by atoms with Gasteiger partial charge < -0.3 is 4.74 Å². The minimum absolute atomic E-state index is 0.132. The third kappa shape index (κ3) is 3.33. The summed E-state index contributed by atoms with van der Waals surface area (Å²) in [6.45, 7) is -0.288. The van der Waals surface area contributed by atoms with Crippen LogP contribution in [0.5, 0.6) is 5.75 Å². The first-order valence-electron chi connectivity index (χ1n) is 9.16. The van der Waals surface area contributed by atoms with E-state index in [1.165, 1.54) is 0 Å². The molecule has 0 fully saturated rings. The largest absolute Gasteiger partial charge is 0.483 e. The first kappa shape index (κ1) is 19.0. The van der Waals surface area contributed by atoms with E-state index in [1.54, 1.807) is 35.1 Å². The van der Waals surface area contributed by atoms with Gasteiger partial charge in [-0.15, -0.1) is 5.10 Å². The lowest BCUT2D eigenvalue weighted by molar-refractivity contribution is 0.261. The lowest BCUT2D eigenvalue weighted by Crippen LogP contribution is -2.03. The van der Waals surface area contributed by atoms with Crippen LogP contribution in [0.4, 0.5) is 17.6 Å². The average molecular weight is 424 g/mol. The third-order valence-corrected chi connectivity index (χ3v) is 4.75. The molecule has 0 saturated heterocycles. The molecule has 0 aliphatic rings. The molecule has 2 heterocycles. The fourth-order valence-electron chi connectivity index (χ4n) is 3.19. The maximum Gasteiger partial charge on any atom is 0.203 e. The van der Waals surface area contributed by atoms with Crippen LogP contribution in [-0.4, -0.2) is 19.6 Å².